The fourth-order valence-corrected chi connectivity index (χ4v) is 2.02. The van der Waals surface area contributed by atoms with Crippen LogP contribution in [0.25, 0.3) is 0 Å². The molecule has 0 atom stereocenters. The standard InChI is InChI=1S/C16H18FNO2/c1-20-16-8-6-15(7-9-16)18(10-11-19)12-13-2-4-14(17)5-3-13/h2-9,19H,10-12H2,1H3. The van der Waals surface area contributed by atoms with Crippen LogP contribution >= 0.6 is 0 Å². The predicted molar refractivity (Wildman–Crippen MR) is 77.5 cm³/mol. The molecule has 0 aliphatic heterocycles. The maximum absolute atomic E-state index is 12.9. The second-order valence-electron chi connectivity index (χ2n) is 4.47. The molecule has 0 heterocycles. The molecule has 0 aromatic heterocycles. The van der Waals surface area contributed by atoms with Crippen LogP contribution < -0.4 is 9.64 Å². The third-order valence-corrected chi connectivity index (χ3v) is 3.09. The lowest BCUT2D eigenvalue weighted by atomic mass is 10.2. The molecule has 106 valence electrons. The molecule has 0 radical (unpaired) electrons. The van der Waals surface area contributed by atoms with Crippen molar-refractivity contribution in [2.24, 2.45) is 0 Å². The first-order valence-electron chi connectivity index (χ1n) is 6.47. The van der Waals surface area contributed by atoms with Gasteiger partial charge in [-0.25, -0.2) is 4.39 Å². The van der Waals surface area contributed by atoms with Crippen LogP contribution in [0.4, 0.5) is 10.1 Å². The molecule has 4 heteroatoms. The van der Waals surface area contributed by atoms with E-state index < -0.39 is 0 Å². The Morgan fingerprint density at radius 2 is 1.70 bits per heavy atom. The molecule has 0 fully saturated rings. The van der Waals surface area contributed by atoms with Crippen LogP contribution in [0.2, 0.25) is 0 Å². The molecule has 20 heavy (non-hydrogen) atoms. The van der Waals surface area contributed by atoms with Gasteiger partial charge in [-0.2, -0.15) is 0 Å². The quantitative estimate of drug-likeness (QED) is 0.880. The van der Waals surface area contributed by atoms with Crippen molar-refractivity contribution >= 4 is 5.69 Å². The number of hydrogen-bond acceptors (Lipinski definition) is 3. The van der Waals surface area contributed by atoms with Gasteiger partial charge < -0.3 is 14.7 Å². The molecule has 3 nitrogen and oxygen atoms in total. The molecular weight excluding hydrogens is 257 g/mol. The van der Waals surface area contributed by atoms with E-state index in [0.717, 1.165) is 17.0 Å². The van der Waals surface area contributed by atoms with Gasteiger partial charge in [-0.05, 0) is 42.0 Å². The Labute approximate surface area is 118 Å². The number of aliphatic hydroxyl groups excluding tert-OH is 1. The lowest BCUT2D eigenvalue weighted by molar-refractivity contribution is 0.301. The summed E-state index contributed by atoms with van der Waals surface area (Å²) in [7, 11) is 1.62. The van der Waals surface area contributed by atoms with Gasteiger partial charge in [-0.3, -0.25) is 0 Å². The second-order valence-corrected chi connectivity index (χ2v) is 4.47. The van der Waals surface area contributed by atoms with Gasteiger partial charge in [0, 0.05) is 18.8 Å². The Morgan fingerprint density at radius 3 is 2.25 bits per heavy atom. The van der Waals surface area contributed by atoms with Gasteiger partial charge in [0.15, 0.2) is 0 Å². The molecule has 0 aliphatic carbocycles. The van der Waals surface area contributed by atoms with Crippen molar-refractivity contribution in [1.29, 1.82) is 0 Å². The summed E-state index contributed by atoms with van der Waals surface area (Å²) in [5.41, 5.74) is 1.99. The Balaban J connectivity index is 2.14. The number of anilines is 1. The summed E-state index contributed by atoms with van der Waals surface area (Å²) in [6.07, 6.45) is 0. The van der Waals surface area contributed by atoms with E-state index in [4.69, 9.17) is 4.74 Å². The van der Waals surface area contributed by atoms with Crippen LogP contribution in [0.3, 0.4) is 0 Å². The van der Waals surface area contributed by atoms with Crippen LogP contribution in [-0.4, -0.2) is 25.4 Å². The summed E-state index contributed by atoms with van der Waals surface area (Å²) in [6, 6.07) is 14.0. The van der Waals surface area contributed by atoms with E-state index in [9.17, 15) is 9.50 Å². The van der Waals surface area contributed by atoms with Gasteiger partial charge in [0.05, 0.1) is 13.7 Å². The number of aliphatic hydroxyl groups is 1. The molecule has 2 rings (SSSR count). The van der Waals surface area contributed by atoms with Crippen LogP contribution in [0, 0.1) is 5.82 Å². The van der Waals surface area contributed by atoms with Crippen molar-refractivity contribution in [2.75, 3.05) is 25.2 Å². The highest BCUT2D eigenvalue weighted by molar-refractivity contribution is 5.49. The topological polar surface area (TPSA) is 32.7 Å². The molecule has 0 spiro atoms. The van der Waals surface area contributed by atoms with Crippen molar-refractivity contribution < 1.29 is 14.2 Å². The number of halogens is 1. The minimum atomic E-state index is -0.244. The molecule has 0 amide bonds. The van der Waals surface area contributed by atoms with Gasteiger partial charge in [0.2, 0.25) is 0 Å². The zero-order valence-corrected chi connectivity index (χ0v) is 11.4. The largest absolute Gasteiger partial charge is 0.497 e. The van der Waals surface area contributed by atoms with E-state index in [1.54, 1.807) is 19.2 Å². The highest BCUT2D eigenvalue weighted by Crippen LogP contribution is 2.21. The summed E-state index contributed by atoms with van der Waals surface area (Å²) in [5.74, 6) is 0.548. The molecule has 0 saturated heterocycles. The Morgan fingerprint density at radius 1 is 1.05 bits per heavy atom. The Kier molecular flexibility index (Phi) is 4.96. The van der Waals surface area contributed by atoms with E-state index in [1.165, 1.54) is 12.1 Å². The molecule has 0 bridgehead atoms. The first kappa shape index (κ1) is 14.3. The summed E-state index contributed by atoms with van der Waals surface area (Å²) >= 11 is 0. The second kappa shape index (κ2) is 6.91. The van der Waals surface area contributed by atoms with Gasteiger partial charge >= 0.3 is 0 Å². The number of nitrogens with zero attached hydrogens (tertiary/aromatic N) is 1. The van der Waals surface area contributed by atoms with E-state index in [-0.39, 0.29) is 12.4 Å². The molecule has 0 aliphatic rings. The summed E-state index contributed by atoms with van der Waals surface area (Å²) < 4.78 is 18.0. The van der Waals surface area contributed by atoms with Crippen molar-refractivity contribution in [3.63, 3.8) is 0 Å². The normalized spacial score (nSPS) is 10.3. The molecule has 2 aromatic rings. The molecular formula is C16H18FNO2. The van der Waals surface area contributed by atoms with Crippen LogP contribution in [0.5, 0.6) is 5.75 Å². The third kappa shape index (κ3) is 3.71. The highest BCUT2D eigenvalue weighted by atomic mass is 19.1. The van der Waals surface area contributed by atoms with Gasteiger partial charge in [-0.15, -0.1) is 0 Å². The van der Waals surface area contributed by atoms with Crippen LogP contribution in [-0.2, 0) is 6.54 Å². The number of hydrogen-bond donors (Lipinski definition) is 1. The minimum absolute atomic E-state index is 0.0627. The lowest BCUT2D eigenvalue weighted by Gasteiger charge is -2.24. The van der Waals surface area contributed by atoms with E-state index in [1.807, 2.05) is 29.2 Å². The van der Waals surface area contributed by atoms with E-state index >= 15 is 0 Å². The molecule has 2 aromatic carbocycles. The average Bonchev–Trinajstić information content (AvgIpc) is 2.49. The fourth-order valence-electron chi connectivity index (χ4n) is 2.02. The summed E-state index contributed by atoms with van der Waals surface area (Å²) in [6.45, 7) is 1.20. The number of rotatable bonds is 6. The first-order chi connectivity index (χ1) is 9.72. The van der Waals surface area contributed by atoms with E-state index in [0.29, 0.717) is 13.1 Å². The minimum Gasteiger partial charge on any atom is -0.497 e. The van der Waals surface area contributed by atoms with Crippen molar-refractivity contribution in [2.45, 2.75) is 6.54 Å². The molecule has 0 unspecified atom stereocenters. The summed E-state index contributed by atoms with van der Waals surface area (Å²) in [5, 5.41) is 9.19. The number of benzene rings is 2. The zero-order chi connectivity index (χ0) is 14.4. The van der Waals surface area contributed by atoms with Crippen molar-refractivity contribution in [3.05, 3.63) is 59.9 Å². The highest BCUT2D eigenvalue weighted by Gasteiger charge is 2.07. The number of methoxy groups -OCH3 is 1. The summed E-state index contributed by atoms with van der Waals surface area (Å²) in [4.78, 5) is 2.03. The predicted octanol–water partition coefficient (Wildman–Crippen LogP) is 2.83. The zero-order valence-electron chi connectivity index (χ0n) is 11.4. The molecule has 1 N–H and O–H groups in total. The number of ether oxygens (including phenoxy) is 1. The monoisotopic (exact) mass is 275 g/mol. The SMILES string of the molecule is COc1ccc(N(CCO)Cc2ccc(F)cc2)cc1. The third-order valence-electron chi connectivity index (χ3n) is 3.09. The van der Waals surface area contributed by atoms with Gasteiger partial charge in [-0.1, -0.05) is 12.1 Å². The Bertz CT molecular complexity index is 525. The van der Waals surface area contributed by atoms with Gasteiger partial charge in [0.25, 0.3) is 0 Å². The first-order valence-corrected chi connectivity index (χ1v) is 6.47. The fraction of sp³-hybridized carbons (Fsp3) is 0.250. The smallest absolute Gasteiger partial charge is 0.123 e. The van der Waals surface area contributed by atoms with Crippen LogP contribution in [0.1, 0.15) is 5.56 Å². The maximum Gasteiger partial charge on any atom is 0.123 e. The Hall–Kier alpha value is -2.07. The average molecular weight is 275 g/mol. The van der Waals surface area contributed by atoms with E-state index in [2.05, 4.69) is 0 Å². The van der Waals surface area contributed by atoms with Crippen molar-refractivity contribution in [3.8, 4) is 5.75 Å². The molecule has 0 saturated carbocycles. The van der Waals surface area contributed by atoms with Crippen molar-refractivity contribution in [1.82, 2.24) is 0 Å². The van der Waals surface area contributed by atoms with Crippen LogP contribution in [0.15, 0.2) is 48.5 Å². The lowest BCUT2D eigenvalue weighted by Crippen LogP contribution is -2.26. The van der Waals surface area contributed by atoms with Gasteiger partial charge in [0.1, 0.15) is 11.6 Å². The maximum atomic E-state index is 12.9.